The molecule has 0 aliphatic carbocycles. The first-order valence-corrected chi connectivity index (χ1v) is 11.7. The maximum atomic E-state index is 12.8. The molecule has 0 unspecified atom stereocenters. The van der Waals surface area contributed by atoms with Crippen LogP contribution in [0, 0.1) is 6.92 Å². The van der Waals surface area contributed by atoms with E-state index in [1.807, 2.05) is 0 Å². The van der Waals surface area contributed by atoms with Crippen molar-refractivity contribution >= 4 is 55.5 Å². The van der Waals surface area contributed by atoms with Crippen LogP contribution in [0.5, 0.6) is 0 Å². The highest BCUT2D eigenvalue weighted by molar-refractivity contribution is 7.89. The molecule has 3 aromatic rings. The number of carbonyl (C=O) groups is 2. The fourth-order valence-corrected chi connectivity index (χ4v) is 4.86. The lowest BCUT2D eigenvalue weighted by Crippen LogP contribution is -2.22. The summed E-state index contributed by atoms with van der Waals surface area (Å²) in [6.07, 6.45) is 0. The van der Waals surface area contributed by atoms with Crippen molar-refractivity contribution in [3.63, 3.8) is 0 Å². The summed E-state index contributed by atoms with van der Waals surface area (Å²) >= 11 is 7.18. The number of rotatable bonds is 6. The number of halogens is 1. The van der Waals surface area contributed by atoms with Crippen molar-refractivity contribution in [2.75, 3.05) is 24.7 Å². The van der Waals surface area contributed by atoms with Crippen molar-refractivity contribution < 1.29 is 18.0 Å². The second kappa shape index (κ2) is 9.19. The fourth-order valence-electron chi connectivity index (χ4n) is 2.73. The van der Waals surface area contributed by atoms with Crippen LogP contribution in [0.3, 0.4) is 0 Å². The molecule has 0 saturated heterocycles. The highest BCUT2D eigenvalue weighted by Crippen LogP contribution is 2.29. The van der Waals surface area contributed by atoms with E-state index in [4.69, 9.17) is 11.6 Å². The van der Waals surface area contributed by atoms with Crippen LogP contribution < -0.4 is 10.6 Å². The Labute approximate surface area is 189 Å². The molecule has 0 radical (unpaired) electrons. The van der Waals surface area contributed by atoms with E-state index in [-0.39, 0.29) is 10.8 Å². The zero-order valence-corrected chi connectivity index (χ0v) is 19.4. The van der Waals surface area contributed by atoms with Crippen molar-refractivity contribution in [3.05, 3.63) is 75.6 Å². The van der Waals surface area contributed by atoms with E-state index < -0.39 is 15.9 Å². The van der Waals surface area contributed by atoms with Gasteiger partial charge in [-0.15, -0.1) is 11.3 Å². The molecule has 10 heteroatoms. The molecule has 7 nitrogen and oxygen atoms in total. The van der Waals surface area contributed by atoms with Crippen LogP contribution in [0.15, 0.2) is 59.5 Å². The molecule has 1 aromatic heterocycles. The van der Waals surface area contributed by atoms with Gasteiger partial charge in [-0.2, -0.15) is 0 Å². The van der Waals surface area contributed by atoms with Gasteiger partial charge in [0.25, 0.3) is 11.8 Å². The third kappa shape index (κ3) is 5.13. The van der Waals surface area contributed by atoms with Crippen LogP contribution in [0.4, 0.5) is 10.7 Å². The van der Waals surface area contributed by atoms with Crippen LogP contribution in [-0.2, 0) is 10.0 Å². The molecular formula is C21H20ClN3O4S2. The molecule has 0 atom stereocenters. The van der Waals surface area contributed by atoms with Gasteiger partial charge < -0.3 is 10.6 Å². The number of nitrogens with one attached hydrogen (secondary N) is 2. The molecule has 2 aromatic carbocycles. The second-order valence-corrected chi connectivity index (χ2v) is 10.4. The number of nitrogens with zero attached hydrogens (tertiary/aromatic N) is 1. The Hall–Kier alpha value is -2.72. The van der Waals surface area contributed by atoms with Crippen molar-refractivity contribution in [1.82, 2.24) is 4.31 Å². The van der Waals surface area contributed by atoms with Gasteiger partial charge in [0, 0.05) is 19.8 Å². The second-order valence-electron chi connectivity index (χ2n) is 6.83. The lowest BCUT2D eigenvalue weighted by Gasteiger charge is -2.12. The van der Waals surface area contributed by atoms with Gasteiger partial charge in [-0.1, -0.05) is 29.8 Å². The number of hydrogen-bond acceptors (Lipinski definition) is 5. The van der Waals surface area contributed by atoms with Crippen molar-refractivity contribution in [1.29, 1.82) is 0 Å². The quantitative estimate of drug-likeness (QED) is 0.547. The van der Waals surface area contributed by atoms with E-state index in [1.165, 1.54) is 26.2 Å². The standard InChI is InChI=1S/C21H20ClN3O4S2/c1-13-11-18(24-20(26)16-9-4-5-10-17(16)22)30-19(13)21(27)23-14-7-6-8-15(12-14)31(28,29)25(2)3/h4-12H,1-3H3,(H,23,27)(H,24,26). The molecule has 31 heavy (non-hydrogen) atoms. The highest BCUT2D eigenvalue weighted by atomic mass is 35.5. The average molecular weight is 478 g/mol. The highest BCUT2D eigenvalue weighted by Gasteiger charge is 2.20. The summed E-state index contributed by atoms with van der Waals surface area (Å²) in [5, 5.41) is 6.29. The number of hydrogen-bond donors (Lipinski definition) is 2. The Morgan fingerprint density at radius 2 is 1.68 bits per heavy atom. The Balaban J connectivity index is 1.78. The van der Waals surface area contributed by atoms with Gasteiger partial charge in [-0.25, -0.2) is 12.7 Å². The Morgan fingerprint density at radius 3 is 2.35 bits per heavy atom. The third-order valence-electron chi connectivity index (χ3n) is 4.35. The van der Waals surface area contributed by atoms with Gasteiger partial charge in [0.1, 0.15) is 0 Å². The van der Waals surface area contributed by atoms with Gasteiger partial charge in [-0.3, -0.25) is 9.59 Å². The smallest absolute Gasteiger partial charge is 0.266 e. The predicted molar refractivity (Wildman–Crippen MR) is 124 cm³/mol. The number of aryl methyl sites for hydroxylation is 1. The minimum Gasteiger partial charge on any atom is -0.321 e. The maximum absolute atomic E-state index is 12.8. The first-order chi connectivity index (χ1) is 14.6. The molecule has 1 heterocycles. The molecule has 0 bridgehead atoms. The lowest BCUT2D eigenvalue weighted by molar-refractivity contribution is 0.102. The predicted octanol–water partition coefficient (Wildman–Crippen LogP) is 4.46. The molecule has 3 rings (SSSR count). The minimum absolute atomic E-state index is 0.0749. The minimum atomic E-state index is -3.62. The molecule has 0 spiro atoms. The Morgan fingerprint density at radius 1 is 0.968 bits per heavy atom. The van der Waals surface area contributed by atoms with Crippen LogP contribution in [0.2, 0.25) is 5.02 Å². The Kier molecular flexibility index (Phi) is 6.80. The normalized spacial score (nSPS) is 11.4. The van der Waals surface area contributed by atoms with Gasteiger partial charge in [-0.05, 0) is 48.9 Å². The number of carbonyl (C=O) groups excluding carboxylic acids is 2. The van der Waals surface area contributed by atoms with E-state index in [0.717, 1.165) is 15.6 Å². The molecule has 0 saturated carbocycles. The maximum Gasteiger partial charge on any atom is 0.266 e. The number of benzene rings is 2. The first-order valence-electron chi connectivity index (χ1n) is 9.10. The summed E-state index contributed by atoms with van der Waals surface area (Å²) in [4.78, 5) is 25.7. The van der Waals surface area contributed by atoms with E-state index >= 15 is 0 Å². The van der Waals surface area contributed by atoms with Crippen LogP contribution >= 0.6 is 22.9 Å². The van der Waals surface area contributed by atoms with Crippen molar-refractivity contribution in [2.45, 2.75) is 11.8 Å². The topological polar surface area (TPSA) is 95.6 Å². The summed E-state index contributed by atoms with van der Waals surface area (Å²) in [6, 6.07) is 14.4. The molecular weight excluding hydrogens is 458 g/mol. The molecule has 162 valence electrons. The van der Waals surface area contributed by atoms with Gasteiger partial charge in [0.15, 0.2) is 0 Å². The number of thiophene rings is 1. The van der Waals surface area contributed by atoms with E-state index in [9.17, 15) is 18.0 Å². The van der Waals surface area contributed by atoms with E-state index in [0.29, 0.717) is 31.7 Å². The van der Waals surface area contributed by atoms with Crippen LogP contribution in [0.25, 0.3) is 0 Å². The molecule has 0 aliphatic rings. The van der Waals surface area contributed by atoms with Crippen LogP contribution in [0.1, 0.15) is 25.6 Å². The zero-order chi connectivity index (χ0) is 22.8. The molecule has 2 amide bonds. The van der Waals surface area contributed by atoms with Crippen molar-refractivity contribution in [2.24, 2.45) is 0 Å². The summed E-state index contributed by atoms with van der Waals surface area (Å²) in [5.41, 5.74) is 1.36. The fraction of sp³-hybridized carbons (Fsp3) is 0.143. The molecule has 0 aliphatic heterocycles. The van der Waals surface area contributed by atoms with Gasteiger partial charge in [0.05, 0.1) is 25.4 Å². The SMILES string of the molecule is Cc1cc(NC(=O)c2ccccc2Cl)sc1C(=O)Nc1cccc(S(=O)(=O)N(C)C)c1. The summed E-state index contributed by atoms with van der Waals surface area (Å²) < 4.78 is 25.7. The molecule has 2 N–H and O–H groups in total. The summed E-state index contributed by atoms with van der Waals surface area (Å²) in [6.45, 7) is 1.75. The Bertz CT molecular complexity index is 1250. The van der Waals surface area contributed by atoms with E-state index in [1.54, 1.807) is 49.4 Å². The lowest BCUT2D eigenvalue weighted by atomic mass is 10.2. The summed E-state index contributed by atoms with van der Waals surface area (Å²) in [5.74, 6) is -0.777. The first kappa shape index (κ1) is 23.0. The van der Waals surface area contributed by atoms with Gasteiger partial charge in [0.2, 0.25) is 10.0 Å². The van der Waals surface area contributed by atoms with Crippen LogP contribution in [-0.4, -0.2) is 38.6 Å². The average Bonchev–Trinajstić information content (AvgIpc) is 3.08. The monoisotopic (exact) mass is 477 g/mol. The number of sulfonamides is 1. The third-order valence-corrected chi connectivity index (χ3v) is 7.64. The zero-order valence-electron chi connectivity index (χ0n) is 17.0. The largest absolute Gasteiger partial charge is 0.321 e. The van der Waals surface area contributed by atoms with E-state index in [2.05, 4.69) is 10.6 Å². The van der Waals surface area contributed by atoms with Gasteiger partial charge >= 0.3 is 0 Å². The summed E-state index contributed by atoms with van der Waals surface area (Å²) in [7, 11) is -0.744. The molecule has 0 fully saturated rings. The van der Waals surface area contributed by atoms with Crippen molar-refractivity contribution in [3.8, 4) is 0 Å². The number of anilines is 2. The number of amides is 2.